The monoisotopic (exact) mass is 342 g/mol. The number of carbonyl (C=O) groups excluding carboxylic acids is 2. The first-order valence-electron chi connectivity index (χ1n) is 6.28. The van der Waals surface area contributed by atoms with E-state index in [1.807, 2.05) is 0 Å². The summed E-state index contributed by atoms with van der Waals surface area (Å²) in [6, 6.07) is 4.45. The first-order valence-corrected chi connectivity index (χ1v) is 7.04. The SMILES string of the molecule is C[C@H](NC(=O)COC(=O)c1cnc(Cl)c(Cl)c1)c1ccco1. The number of nitrogens with zero attached hydrogens (tertiary/aromatic N) is 1. The van der Waals surface area contributed by atoms with Crippen LogP contribution in [0.25, 0.3) is 0 Å². The minimum Gasteiger partial charge on any atom is -0.467 e. The fourth-order valence-corrected chi connectivity index (χ4v) is 1.91. The summed E-state index contributed by atoms with van der Waals surface area (Å²) in [7, 11) is 0. The minimum atomic E-state index is -0.716. The van der Waals surface area contributed by atoms with E-state index >= 15 is 0 Å². The van der Waals surface area contributed by atoms with Gasteiger partial charge in [0.2, 0.25) is 0 Å². The highest BCUT2D eigenvalue weighted by Gasteiger charge is 2.15. The average Bonchev–Trinajstić information content (AvgIpc) is 3.02. The number of carbonyl (C=O) groups is 2. The standard InChI is InChI=1S/C14H12Cl2N2O4/c1-8(11-3-2-4-21-11)18-12(19)7-22-14(20)9-5-10(15)13(16)17-6-9/h2-6,8H,7H2,1H3,(H,18,19)/t8-/m0/s1. The van der Waals surface area contributed by atoms with Crippen molar-refractivity contribution >= 4 is 35.1 Å². The predicted octanol–water partition coefficient (Wildman–Crippen LogP) is 3.02. The second kappa shape index (κ2) is 7.29. The van der Waals surface area contributed by atoms with Gasteiger partial charge < -0.3 is 14.5 Å². The van der Waals surface area contributed by atoms with Gasteiger partial charge in [0.25, 0.3) is 5.91 Å². The summed E-state index contributed by atoms with van der Waals surface area (Å²) in [5.74, 6) is -0.564. The Labute approximate surface area is 136 Å². The van der Waals surface area contributed by atoms with Gasteiger partial charge in [-0.1, -0.05) is 23.2 Å². The lowest BCUT2D eigenvalue weighted by molar-refractivity contribution is -0.125. The van der Waals surface area contributed by atoms with Crippen molar-refractivity contribution in [3.05, 3.63) is 52.2 Å². The van der Waals surface area contributed by atoms with Crippen LogP contribution in [0.4, 0.5) is 0 Å². The van der Waals surface area contributed by atoms with E-state index in [2.05, 4.69) is 10.3 Å². The Morgan fingerprint density at radius 2 is 2.23 bits per heavy atom. The number of ether oxygens (including phenoxy) is 1. The third kappa shape index (κ3) is 4.22. The molecule has 0 spiro atoms. The summed E-state index contributed by atoms with van der Waals surface area (Å²) in [5.41, 5.74) is 0.112. The second-order valence-corrected chi connectivity index (χ2v) is 5.14. The van der Waals surface area contributed by atoms with Crippen LogP contribution in [0.2, 0.25) is 10.2 Å². The van der Waals surface area contributed by atoms with Crippen LogP contribution in [0.15, 0.2) is 35.1 Å². The molecule has 1 N–H and O–H groups in total. The maximum Gasteiger partial charge on any atom is 0.340 e. The number of amides is 1. The molecule has 0 aliphatic heterocycles. The molecule has 2 aromatic rings. The molecule has 2 rings (SSSR count). The van der Waals surface area contributed by atoms with E-state index in [-0.39, 0.29) is 21.8 Å². The van der Waals surface area contributed by atoms with Gasteiger partial charge in [0, 0.05) is 6.20 Å². The van der Waals surface area contributed by atoms with E-state index in [0.717, 1.165) is 0 Å². The Kier molecular flexibility index (Phi) is 5.41. The van der Waals surface area contributed by atoms with E-state index in [4.69, 9.17) is 32.4 Å². The van der Waals surface area contributed by atoms with Gasteiger partial charge in [-0.3, -0.25) is 4.79 Å². The molecule has 116 valence electrons. The lowest BCUT2D eigenvalue weighted by atomic mass is 10.2. The number of pyridine rings is 1. The van der Waals surface area contributed by atoms with Crippen molar-refractivity contribution in [3.63, 3.8) is 0 Å². The largest absolute Gasteiger partial charge is 0.467 e. The summed E-state index contributed by atoms with van der Waals surface area (Å²) in [5, 5.41) is 2.85. The number of rotatable bonds is 5. The Hall–Kier alpha value is -2.05. The molecule has 8 heteroatoms. The van der Waals surface area contributed by atoms with E-state index < -0.39 is 18.5 Å². The van der Waals surface area contributed by atoms with E-state index in [1.165, 1.54) is 18.5 Å². The Morgan fingerprint density at radius 1 is 1.45 bits per heavy atom. The van der Waals surface area contributed by atoms with Crippen LogP contribution in [0.5, 0.6) is 0 Å². The lowest BCUT2D eigenvalue weighted by Crippen LogP contribution is -2.31. The summed E-state index contributed by atoms with van der Waals surface area (Å²) in [4.78, 5) is 27.2. The number of aromatic nitrogens is 1. The number of halogens is 2. The zero-order valence-electron chi connectivity index (χ0n) is 11.5. The molecule has 0 aliphatic carbocycles. The van der Waals surface area contributed by atoms with Crippen molar-refractivity contribution in [1.82, 2.24) is 10.3 Å². The van der Waals surface area contributed by atoms with Crippen LogP contribution in [0, 0.1) is 0 Å². The van der Waals surface area contributed by atoms with Gasteiger partial charge in [0.05, 0.1) is 22.9 Å². The molecule has 0 radical (unpaired) electrons. The van der Waals surface area contributed by atoms with E-state index in [1.54, 1.807) is 19.1 Å². The van der Waals surface area contributed by atoms with Gasteiger partial charge in [-0.25, -0.2) is 9.78 Å². The number of nitrogens with one attached hydrogen (secondary N) is 1. The minimum absolute atomic E-state index is 0.0863. The van der Waals surface area contributed by atoms with Crippen molar-refractivity contribution in [2.24, 2.45) is 0 Å². The Balaban J connectivity index is 1.85. The van der Waals surface area contributed by atoms with Gasteiger partial charge in [0.1, 0.15) is 10.9 Å². The van der Waals surface area contributed by atoms with Crippen LogP contribution in [-0.4, -0.2) is 23.5 Å². The number of furan rings is 1. The summed E-state index contributed by atoms with van der Waals surface area (Å²) in [6.45, 7) is 1.32. The lowest BCUT2D eigenvalue weighted by Gasteiger charge is -2.11. The van der Waals surface area contributed by atoms with Crippen LogP contribution in [-0.2, 0) is 9.53 Å². The fourth-order valence-electron chi connectivity index (χ4n) is 1.64. The number of esters is 1. The Bertz CT molecular complexity index is 673. The third-order valence-corrected chi connectivity index (χ3v) is 3.40. The van der Waals surface area contributed by atoms with Crippen molar-refractivity contribution in [2.45, 2.75) is 13.0 Å². The zero-order chi connectivity index (χ0) is 16.1. The van der Waals surface area contributed by atoms with Crippen LogP contribution < -0.4 is 5.32 Å². The number of hydrogen-bond acceptors (Lipinski definition) is 5. The second-order valence-electron chi connectivity index (χ2n) is 4.38. The maximum absolute atomic E-state index is 11.8. The first kappa shape index (κ1) is 16.3. The van der Waals surface area contributed by atoms with E-state index in [9.17, 15) is 9.59 Å². The molecule has 0 aromatic carbocycles. The average molecular weight is 343 g/mol. The molecule has 0 aliphatic rings. The molecule has 1 amide bonds. The van der Waals surface area contributed by atoms with Crippen LogP contribution >= 0.6 is 23.2 Å². The molecule has 2 aromatic heterocycles. The maximum atomic E-state index is 11.8. The highest BCUT2D eigenvalue weighted by atomic mass is 35.5. The van der Waals surface area contributed by atoms with Crippen molar-refractivity contribution in [3.8, 4) is 0 Å². The highest BCUT2D eigenvalue weighted by Crippen LogP contribution is 2.20. The molecule has 22 heavy (non-hydrogen) atoms. The van der Waals surface area contributed by atoms with Gasteiger partial charge >= 0.3 is 5.97 Å². The molecule has 0 saturated carbocycles. The van der Waals surface area contributed by atoms with Gasteiger partial charge in [0.15, 0.2) is 6.61 Å². The van der Waals surface area contributed by atoms with Crippen LogP contribution in [0.1, 0.15) is 29.1 Å². The topological polar surface area (TPSA) is 81.4 Å². The van der Waals surface area contributed by atoms with Crippen molar-refractivity contribution in [1.29, 1.82) is 0 Å². The first-order chi connectivity index (χ1) is 10.5. The molecule has 0 saturated heterocycles. The molecule has 6 nitrogen and oxygen atoms in total. The van der Waals surface area contributed by atoms with E-state index in [0.29, 0.717) is 5.76 Å². The normalized spacial score (nSPS) is 11.8. The highest BCUT2D eigenvalue weighted by molar-refractivity contribution is 6.41. The molecular weight excluding hydrogens is 331 g/mol. The summed E-state index contributed by atoms with van der Waals surface area (Å²) >= 11 is 11.4. The summed E-state index contributed by atoms with van der Waals surface area (Å²) in [6.07, 6.45) is 2.73. The van der Waals surface area contributed by atoms with Crippen LogP contribution in [0.3, 0.4) is 0 Å². The van der Waals surface area contributed by atoms with Gasteiger partial charge in [-0.05, 0) is 25.1 Å². The number of hydrogen-bond donors (Lipinski definition) is 1. The quantitative estimate of drug-likeness (QED) is 0.667. The molecule has 0 fully saturated rings. The van der Waals surface area contributed by atoms with Crippen molar-refractivity contribution < 1.29 is 18.7 Å². The van der Waals surface area contributed by atoms with Crippen molar-refractivity contribution in [2.75, 3.05) is 6.61 Å². The zero-order valence-corrected chi connectivity index (χ0v) is 13.0. The molecular formula is C14H12Cl2N2O4. The Morgan fingerprint density at radius 3 is 2.86 bits per heavy atom. The van der Waals surface area contributed by atoms with Gasteiger partial charge in [-0.15, -0.1) is 0 Å². The summed E-state index contributed by atoms with van der Waals surface area (Å²) < 4.78 is 10.0. The molecule has 0 unspecified atom stereocenters. The fraction of sp³-hybridized carbons (Fsp3) is 0.214. The smallest absolute Gasteiger partial charge is 0.340 e. The predicted molar refractivity (Wildman–Crippen MR) is 79.8 cm³/mol. The third-order valence-electron chi connectivity index (χ3n) is 2.71. The molecule has 1 atom stereocenters. The molecule has 2 heterocycles. The van der Waals surface area contributed by atoms with Gasteiger partial charge in [-0.2, -0.15) is 0 Å². The molecule has 0 bridgehead atoms.